The van der Waals surface area contributed by atoms with E-state index < -0.39 is 34.4 Å². The molecule has 3 rings (SSSR count). The Bertz CT molecular complexity index is 1030. The first-order valence-electron chi connectivity index (χ1n) is 9.95. The second-order valence-corrected chi connectivity index (χ2v) is 9.76. The van der Waals surface area contributed by atoms with Gasteiger partial charge in [0.25, 0.3) is 5.91 Å². The second kappa shape index (κ2) is 9.18. The number of ether oxygens (including phenoxy) is 2. The number of methoxy groups -OCH3 is 1. The molecular formula is C21H27NO7S. The van der Waals surface area contributed by atoms with Gasteiger partial charge in [-0.05, 0) is 25.8 Å². The fourth-order valence-corrected chi connectivity index (χ4v) is 5.53. The van der Waals surface area contributed by atoms with Crippen LogP contribution in [0.25, 0.3) is 11.0 Å². The summed E-state index contributed by atoms with van der Waals surface area (Å²) in [6.45, 7) is 3.46. The zero-order valence-electron chi connectivity index (χ0n) is 17.4. The van der Waals surface area contributed by atoms with Crippen molar-refractivity contribution in [2.45, 2.75) is 45.4 Å². The first-order valence-corrected chi connectivity index (χ1v) is 11.8. The van der Waals surface area contributed by atoms with E-state index in [0.29, 0.717) is 24.0 Å². The van der Waals surface area contributed by atoms with Gasteiger partial charge in [-0.2, -0.15) is 0 Å². The molecule has 1 aromatic carbocycles. The predicted octanol–water partition coefficient (Wildman–Crippen LogP) is 2.55. The summed E-state index contributed by atoms with van der Waals surface area (Å²) in [4.78, 5) is 27.1. The number of fused-ring (bicyclic) bond motifs is 1. The number of esters is 1. The molecule has 2 aromatic rings. The van der Waals surface area contributed by atoms with Gasteiger partial charge in [-0.15, -0.1) is 0 Å². The Morgan fingerprint density at radius 2 is 2.03 bits per heavy atom. The zero-order valence-corrected chi connectivity index (χ0v) is 18.2. The monoisotopic (exact) mass is 437 g/mol. The lowest BCUT2D eigenvalue weighted by atomic mass is 10.1. The van der Waals surface area contributed by atoms with Crippen molar-refractivity contribution in [1.29, 1.82) is 0 Å². The lowest BCUT2D eigenvalue weighted by molar-refractivity contribution is -0.138. The van der Waals surface area contributed by atoms with Crippen molar-refractivity contribution in [3.8, 4) is 0 Å². The highest BCUT2D eigenvalue weighted by molar-refractivity contribution is 7.91. The van der Waals surface area contributed by atoms with Crippen molar-refractivity contribution >= 4 is 32.7 Å². The summed E-state index contributed by atoms with van der Waals surface area (Å²) in [5, 5.41) is 0.745. The van der Waals surface area contributed by atoms with Gasteiger partial charge in [0.1, 0.15) is 5.58 Å². The topological polar surface area (TPSA) is 103 Å². The third kappa shape index (κ3) is 4.67. The quantitative estimate of drug-likeness (QED) is 0.585. The van der Waals surface area contributed by atoms with Gasteiger partial charge >= 0.3 is 5.97 Å². The number of rotatable bonds is 8. The minimum absolute atomic E-state index is 0.00406. The van der Waals surface area contributed by atoms with Crippen LogP contribution in [0.3, 0.4) is 0 Å². The van der Waals surface area contributed by atoms with Crippen LogP contribution in [0.15, 0.2) is 28.7 Å². The van der Waals surface area contributed by atoms with Crippen LogP contribution in [0.5, 0.6) is 0 Å². The third-order valence-corrected chi connectivity index (χ3v) is 7.20. The summed E-state index contributed by atoms with van der Waals surface area (Å²) in [6.07, 6.45) is 1.06. The number of carbonyl (C=O) groups is 2. The Labute approximate surface area is 176 Å². The van der Waals surface area contributed by atoms with Gasteiger partial charge in [0.2, 0.25) is 5.76 Å². The summed E-state index contributed by atoms with van der Waals surface area (Å²) in [5.41, 5.74) is 1.09. The number of hydrogen-bond acceptors (Lipinski definition) is 7. The van der Waals surface area contributed by atoms with Crippen molar-refractivity contribution in [3.05, 3.63) is 35.6 Å². The molecule has 164 valence electrons. The van der Waals surface area contributed by atoms with E-state index in [4.69, 9.17) is 13.9 Å². The fraction of sp³-hybridized carbons (Fsp3) is 0.524. The summed E-state index contributed by atoms with van der Waals surface area (Å²) >= 11 is 0. The number of amides is 1. The van der Waals surface area contributed by atoms with Crippen LogP contribution in [0.2, 0.25) is 0 Å². The molecule has 0 aliphatic carbocycles. The van der Waals surface area contributed by atoms with Gasteiger partial charge in [0, 0.05) is 30.1 Å². The van der Waals surface area contributed by atoms with Crippen LogP contribution < -0.4 is 0 Å². The molecule has 0 N–H and O–H groups in total. The van der Waals surface area contributed by atoms with Crippen molar-refractivity contribution in [2.24, 2.45) is 0 Å². The maximum atomic E-state index is 12.9. The number of para-hydroxylation sites is 1. The molecule has 2 atom stereocenters. The van der Waals surface area contributed by atoms with Gasteiger partial charge in [0.15, 0.2) is 16.4 Å². The average Bonchev–Trinajstić information content (AvgIpc) is 3.26. The van der Waals surface area contributed by atoms with Gasteiger partial charge in [0.05, 0.1) is 18.1 Å². The summed E-state index contributed by atoms with van der Waals surface area (Å²) in [6, 6.07) is 6.62. The van der Waals surface area contributed by atoms with Crippen LogP contribution in [-0.2, 0) is 30.7 Å². The van der Waals surface area contributed by atoms with E-state index in [1.165, 1.54) is 7.11 Å². The number of benzene rings is 1. The van der Waals surface area contributed by atoms with Gasteiger partial charge < -0.3 is 18.8 Å². The van der Waals surface area contributed by atoms with E-state index in [2.05, 4.69) is 0 Å². The molecule has 1 amide bonds. The molecule has 1 fully saturated rings. The first kappa shape index (κ1) is 22.3. The Morgan fingerprint density at radius 1 is 1.30 bits per heavy atom. The first-order chi connectivity index (χ1) is 14.3. The maximum absolute atomic E-state index is 12.9. The lowest BCUT2D eigenvalue weighted by Crippen LogP contribution is -2.48. The molecular weight excluding hydrogens is 410 g/mol. The van der Waals surface area contributed by atoms with E-state index in [1.54, 1.807) is 17.0 Å². The van der Waals surface area contributed by atoms with E-state index >= 15 is 0 Å². The molecule has 0 saturated carbocycles. The molecule has 1 saturated heterocycles. The molecule has 0 spiro atoms. The Hall–Kier alpha value is -2.39. The van der Waals surface area contributed by atoms with Crippen molar-refractivity contribution in [1.82, 2.24) is 4.90 Å². The Balaban J connectivity index is 1.75. The van der Waals surface area contributed by atoms with Gasteiger partial charge in [-0.25, -0.2) is 13.2 Å². The van der Waals surface area contributed by atoms with Crippen LogP contribution in [0.4, 0.5) is 0 Å². The molecule has 30 heavy (non-hydrogen) atoms. The van der Waals surface area contributed by atoms with Crippen molar-refractivity contribution in [3.63, 3.8) is 0 Å². The molecule has 0 unspecified atom stereocenters. The average molecular weight is 438 g/mol. The Morgan fingerprint density at radius 3 is 2.67 bits per heavy atom. The maximum Gasteiger partial charge on any atom is 0.375 e. The molecule has 1 aromatic heterocycles. The van der Waals surface area contributed by atoms with Crippen LogP contribution in [-0.4, -0.2) is 62.5 Å². The number of sulfone groups is 1. The summed E-state index contributed by atoms with van der Waals surface area (Å²) in [5.74, 6) is -1.15. The minimum atomic E-state index is -3.15. The standard InChI is InChI=1S/C21H27NO7S/c1-4-14(2)22(15-9-10-30(25,26)13-15)19(23)12-28-21(24)20-17(11-27-3)16-7-5-6-8-18(16)29-20/h5-8,14-15H,4,9-13H2,1-3H3/t14-,15-/m1/s1. The van der Waals surface area contributed by atoms with E-state index in [-0.39, 0.29) is 29.9 Å². The van der Waals surface area contributed by atoms with Gasteiger partial charge in [-0.1, -0.05) is 25.1 Å². The summed E-state index contributed by atoms with van der Waals surface area (Å²) < 4.78 is 39.8. The third-order valence-electron chi connectivity index (χ3n) is 5.45. The Kier molecular flexibility index (Phi) is 6.82. The molecule has 1 aliphatic rings. The smallest absolute Gasteiger partial charge is 0.375 e. The molecule has 8 nitrogen and oxygen atoms in total. The number of carbonyl (C=O) groups excluding carboxylic acids is 2. The van der Waals surface area contributed by atoms with Crippen LogP contribution in [0, 0.1) is 0 Å². The summed E-state index contributed by atoms with van der Waals surface area (Å²) in [7, 11) is -1.63. The zero-order chi connectivity index (χ0) is 21.9. The van der Waals surface area contributed by atoms with Gasteiger partial charge in [-0.3, -0.25) is 4.79 Å². The molecule has 1 aliphatic heterocycles. The largest absolute Gasteiger partial charge is 0.450 e. The highest BCUT2D eigenvalue weighted by atomic mass is 32.2. The number of furan rings is 1. The van der Waals surface area contributed by atoms with E-state index in [9.17, 15) is 18.0 Å². The van der Waals surface area contributed by atoms with E-state index in [0.717, 1.165) is 5.39 Å². The number of nitrogens with zero attached hydrogens (tertiary/aromatic N) is 1. The highest BCUT2D eigenvalue weighted by Gasteiger charge is 2.37. The molecule has 2 heterocycles. The fourth-order valence-electron chi connectivity index (χ4n) is 3.82. The SMILES string of the molecule is CC[C@@H](C)N(C(=O)COC(=O)c1oc2ccccc2c1COC)[C@@H]1CCS(=O)(=O)C1. The predicted molar refractivity (Wildman–Crippen MR) is 111 cm³/mol. The van der Waals surface area contributed by atoms with Crippen molar-refractivity contribution in [2.75, 3.05) is 25.2 Å². The van der Waals surface area contributed by atoms with Crippen molar-refractivity contribution < 1.29 is 31.9 Å². The number of hydrogen-bond donors (Lipinski definition) is 0. The van der Waals surface area contributed by atoms with Crippen LogP contribution >= 0.6 is 0 Å². The molecule has 9 heteroatoms. The lowest BCUT2D eigenvalue weighted by Gasteiger charge is -2.33. The highest BCUT2D eigenvalue weighted by Crippen LogP contribution is 2.27. The minimum Gasteiger partial charge on any atom is -0.450 e. The second-order valence-electron chi connectivity index (χ2n) is 7.53. The van der Waals surface area contributed by atoms with E-state index in [1.807, 2.05) is 26.0 Å². The van der Waals surface area contributed by atoms with Crippen LogP contribution in [0.1, 0.15) is 42.8 Å². The normalized spacial score (nSPS) is 19.0. The molecule has 0 bridgehead atoms. The molecule has 0 radical (unpaired) electrons.